The normalized spacial score (nSPS) is 25.0. The standard InChI is InChI=1S/C21H29N3O2/c1-16-20(17(2)26-22-16)14-23-9-8-21-19(13-23)15-25-11-10-24(21)12-18-6-4-3-5-7-18/h3-7,19,21H,8-15H2,1-2H3/t19-,21-/m1/s1. The first-order valence-electron chi connectivity index (χ1n) is 9.70. The molecule has 0 unspecified atom stereocenters. The highest BCUT2D eigenvalue weighted by molar-refractivity contribution is 5.20. The zero-order valence-corrected chi connectivity index (χ0v) is 15.9. The number of aryl methyl sites for hydroxylation is 2. The van der Waals surface area contributed by atoms with E-state index in [0.29, 0.717) is 12.0 Å². The van der Waals surface area contributed by atoms with Crippen LogP contribution in [0.4, 0.5) is 0 Å². The lowest BCUT2D eigenvalue weighted by Crippen LogP contribution is -2.51. The van der Waals surface area contributed by atoms with Gasteiger partial charge in [0, 0.05) is 50.2 Å². The minimum absolute atomic E-state index is 0.565. The summed E-state index contributed by atoms with van der Waals surface area (Å²) in [6, 6.07) is 11.4. The van der Waals surface area contributed by atoms with E-state index in [-0.39, 0.29) is 0 Å². The van der Waals surface area contributed by atoms with Crippen LogP contribution in [-0.2, 0) is 17.8 Å². The van der Waals surface area contributed by atoms with Gasteiger partial charge < -0.3 is 9.26 Å². The number of rotatable bonds is 4. The van der Waals surface area contributed by atoms with Crippen molar-refractivity contribution in [2.24, 2.45) is 5.92 Å². The highest BCUT2D eigenvalue weighted by Gasteiger charge is 2.35. The minimum atomic E-state index is 0.565. The van der Waals surface area contributed by atoms with E-state index in [2.05, 4.69) is 45.3 Å². The predicted molar refractivity (Wildman–Crippen MR) is 101 cm³/mol. The summed E-state index contributed by atoms with van der Waals surface area (Å²) in [5.74, 6) is 1.52. The maximum atomic E-state index is 5.96. The van der Waals surface area contributed by atoms with Crippen LogP contribution in [0, 0.1) is 19.8 Å². The quantitative estimate of drug-likeness (QED) is 0.843. The summed E-state index contributed by atoms with van der Waals surface area (Å²) in [4.78, 5) is 5.18. The zero-order chi connectivity index (χ0) is 17.9. The molecule has 5 heteroatoms. The second kappa shape index (κ2) is 7.91. The average Bonchev–Trinajstić information content (AvgIpc) is 2.86. The lowest BCUT2D eigenvalue weighted by atomic mass is 9.90. The third-order valence-electron chi connectivity index (χ3n) is 5.89. The van der Waals surface area contributed by atoms with E-state index in [1.165, 1.54) is 17.5 Å². The second-order valence-electron chi connectivity index (χ2n) is 7.68. The molecule has 2 aliphatic heterocycles. The molecule has 4 rings (SSSR count). The minimum Gasteiger partial charge on any atom is -0.380 e. The number of likely N-dealkylation sites (tertiary alicyclic amines) is 1. The number of fused-ring (bicyclic) bond motifs is 1. The Balaban J connectivity index is 1.43. The van der Waals surface area contributed by atoms with Crippen molar-refractivity contribution in [1.82, 2.24) is 15.0 Å². The van der Waals surface area contributed by atoms with Gasteiger partial charge in [0.2, 0.25) is 0 Å². The molecule has 1 aromatic carbocycles. The lowest BCUT2D eigenvalue weighted by molar-refractivity contribution is 0.0437. The van der Waals surface area contributed by atoms with E-state index in [9.17, 15) is 0 Å². The highest BCUT2D eigenvalue weighted by Crippen LogP contribution is 2.28. The Labute approximate surface area is 155 Å². The third kappa shape index (κ3) is 3.85. The summed E-state index contributed by atoms with van der Waals surface area (Å²) in [6.07, 6.45) is 1.20. The molecule has 26 heavy (non-hydrogen) atoms. The van der Waals surface area contributed by atoms with E-state index < -0.39 is 0 Å². The summed E-state index contributed by atoms with van der Waals surface area (Å²) >= 11 is 0. The Hall–Kier alpha value is -1.69. The summed E-state index contributed by atoms with van der Waals surface area (Å²) < 4.78 is 11.3. The van der Waals surface area contributed by atoms with Crippen LogP contribution in [0.1, 0.15) is 29.0 Å². The number of benzene rings is 1. The first kappa shape index (κ1) is 17.7. The van der Waals surface area contributed by atoms with Crippen molar-refractivity contribution in [2.75, 3.05) is 32.8 Å². The largest absolute Gasteiger partial charge is 0.380 e. The van der Waals surface area contributed by atoms with Gasteiger partial charge >= 0.3 is 0 Å². The van der Waals surface area contributed by atoms with Crippen LogP contribution in [-0.4, -0.2) is 53.8 Å². The second-order valence-corrected chi connectivity index (χ2v) is 7.68. The van der Waals surface area contributed by atoms with E-state index in [1.54, 1.807) is 0 Å². The first-order chi connectivity index (χ1) is 12.7. The molecule has 3 heterocycles. The number of piperidine rings is 1. The van der Waals surface area contributed by atoms with E-state index in [0.717, 1.165) is 57.4 Å². The van der Waals surface area contributed by atoms with Gasteiger partial charge in [-0.3, -0.25) is 9.80 Å². The molecular formula is C21H29N3O2. The van der Waals surface area contributed by atoms with Crippen LogP contribution in [0.3, 0.4) is 0 Å². The number of hydrogen-bond donors (Lipinski definition) is 0. The molecule has 0 radical (unpaired) electrons. The summed E-state index contributed by atoms with van der Waals surface area (Å²) in [5, 5.41) is 4.10. The third-order valence-corrected chi connectivity index (χ3v) is 5.89. The Bertz CT molecular complexity index is 696. The van der Waals surface area contributed by atoms with Crippen molar-refractivity contribution in [2.45, 2.75) is 39.4 Å². The van der Waals surface area contributed by atoms with Gasteiger partial charge in [-0.05, 0) is 25.8 Å². The molecule has 0 spiro atoms. The molecule has 0 aliphatic carbocycles. The summed E-state index contributed by atoms with van der Waals surface area (Å²) in [7, 11) is 0. The average molecular weight is 355 g/mol. The topological polar surface area (TPSA) is 41.7 Å². The molecule has 0 amide bonds. The fourth-order valence-corrected chi connectivity index (χ4v) is 4.43. The van der Waals surface area contributed by atoms with Crippen LogP contribution < -0.4 is 0 Å². The van der Waals surface area contributed by atoms with Gasteiger partial charge in [0.1, 0.15) is 5.76 Å². The Kier molecular flexibility index (Phi) is 5.38. The summed E-state index contributed by atoms with van der Waals surface area (Å²) in [5.41, 5.74) is 3.66. The summed E-state index contributed by atoms with van der Waals surface area (Å²) in [6.45, 7) is 10.9. The highest BCUT2D eigenvalue weighted by atomic mass is 16.5. The molecule has 140 valence electrons. The van der Waals surface area contributed by atoms with Gasteiger partial charge in [0.15, 0.2) is 0 Å². The van der Waals surface area contributed by atoms with E-state index in [4.69, 9.17) is 9.26 Å². The molecule has 0 bridgehead atoms. The van der Waals surface area contributed by atoms with Crippen molar-refractivity contribution >= 4 is 0 Å². The SMILES string of the molecule is Cc1noc(C)c1CN1CC[C@@H]2[C@@H](COCCN2Cc2ccccc2)C1. The fourth-order valence-electron chi connectivity index (χ4n) is 4.43. The smallest absolute Gasteiger partial charge is 0.138 e. The fraction of sp³-hybridized carbons (Fsp3) is 0.571. The van der Waals surface area contributed by atoms with Gasteiger partial charge in [0.05, 0.1) is 18.9 Å². The molecule has 0 saturated carbocycles. The monoisotopic (exact) mass is 355 g/mol. The molecule has 2 aliphatic rings. The van der Waals surface area contributed by atoms with Gasteiger partial charge in [-0.2, -0.15) is 0 Å². The molecule has 5 nitrogen and oxygen atoms in total. The lowest BCUT2D eigenvalue weighted by Gasteiger charge is -2.42. The molecule has 2 atom stereocenters. The Morgan fingerprint density at radius 1 is 1.12 bits per heavy atom. The van der Waals surface area contributed by atoms with E-state index in [1.807, 2.05) is 13.8 Å². The van der Waals surface area contributed by atoms with Crippen molar-refractivity contribution in [3.8, 4) is 0 Å². The van der Waals surface area contributed by atoms with Crippen molar-refractivity contribution in [3.05, 3.63) is 52.9 Å². The van der Waals surface area contributed by atoms with Crippen LogP contribution in [0.2, 0.25) is 0 Å². The molecular weight excluding hydrogens is 326 g/mol. The molecule has 2 fully saturated rings. The van der Waals surface area contributed by atoms with Crippen molar-refractivity contribution in [1.29, 1.82) is 0 Å². The zero-order valence-electron chi connectivity index (χ0n) is 15.9. The van der Waals surface area contributed by atoms with Crippen LogP contribution >= 0.6 is 0 Å². The number of nitrogens with zero attached hydrogens (tertiary/aromatic N) is 3. The first-order valence-corrected chi connectivity index (χ1v) is 9.70. The van der Waals surface area contributed by atoms with E-state index >= 15 is 0 Å². The maximum Gasteiger partial charge on any atom is 0.138 e. The van der Waals surface area contributed by atoms with Gasteiger partial charge in [-0.15, -0.1) is 0 Å². The molecule has 0 N–H and O–H groups in total. The van der Waals surface area contributed by atoms with Crippen LogP contribution in [0.15, 0.2) is 34.9 Å². The van der Waals surface area contributed by atoms with Crippen LogP contribution in [0.25, 0.3) is 0 Å². The number of ether oxygens (including phenoxy) is 1. The number of aromatic nitrogens is 1. The Morgan fingerprint density at radius 3 is 2.73 bits per heavy atom. The number of hydrogen-bond acceptors (Lipinski definition) is 5. The van der Waals surface area contributed by atoms with Crippen molar-refractivity contribution < 1.29 is 9.26 Å². The van der Waals surface area contributed by atoms with Crippen LogP contribution in [0.5, 0.6) is 0 Å². The van der Waals surface area contributed by atoms with Gasteiger partial charge in [0.25, 0.3) is 0 Å². The molecule has 2 saturated heterocycles. The molecule has 2 aromatic rings. The van der Waals surface area contributed by atoms with Crippen molar-refractivity contribution in [3.63, 3.8) is 0 Å². The Morgan fingerprint density at radius 2 is 1.96 bits per heavy atom. The predicted octanol–water partition coefficient (Wildman–Crippen LogP) is 3.01. The van der Waals surface area contributed by atoms with Gasteiger partial charge in [-0.1, -0.05) is 35.5 Å². The maximum absolute atomic E-state index is 5.96. The molecule has 1 aromatic heterocycles. The van der Waals surface area contributed by atoms with Gasteiger partial charge in [-0.25, -0.2) is 0 Å².